The second-order valence-electron chi connectivity index (χ2n) is 4.90. The van der Waals surface area contributed by atoms with Gasteiger partial charge in [-0.3, -0.25) is 0 Å². The summed E-state index contributed by atoms with van der Waals surface area (Å²) in [6, 6.07) is 7.48. The molecule has 124 valence electrons. The Morgan fingerprint density at radius 3 is 2.92 bits per heavy atom. The third kappa shape index (κ3) is 3.93. The number of methoxy groups -OCH3 is 1. The Kier molecular flexibility index (Phi) is 4.80. The Morgan fingerprint density at radius 1 is 1.29 bits per heavy atom. The van der Waals surface area contributed by atoms with Crippen LogP contribution in [0.2, 0.25) is 0 Å². The van der Waals surface area contributed by atoms with E-state index in [4.69, 9.17) is 10.5 Å². The molecule has 2 heterocycles. The Balaban J connectivity index is 1.74. The molecule has 0 radical (unpaired) electrons. The maximum Gasteiger partial charge on any atom is 0.232 e. The van der Waals surface area contributed by atoms with Gasteiger partial charge in [0, 0.05) is 31.2 Å². The summed E-state index contributed by atoms with van der Waals surface area (Å²) in [5.41, 5.74) is 6.60. The van der Waals surface area contributed by atoms with Crippen LogP contribution in [0, 0.1) is 0 Å². The van der Waals surface area contributed by atoms with Gasteiger partial charge < -0.3 is 20.4 Å². The van der Waals surface area contributed by atoms with Gasteiger partial charge in [0.1, 0.15) is 11.6 Å². The molecule has 2 aromatic heterocycles. The van der Waals surface area contributed by atoms with Gasteiger partial charge in [-0.1, -0.05) is 17.8 Å². The molecule has 0 aliphatic heterocycles. The Morgan fingerprint density at radius 2 is 2.17 bits per heavy atom. The average Bonchev–Trinajstić information content (AvgIpc) is 2.98. The molecule has 3 N–H and O–H groups in total. The van der Waals surface area contributed by atoms with Gasteiger partial charge in [0.05, 0.1) is 12.9 Å². The number of nitrogens with zero attached hydrogens (tertiary/aromatic N) is 5. The summed E-state index contributed by atoms with van der Waals surface area (Å²) >= 11 is 1.53. The molecular formula is C15H17N7OS. The molecule has 0 aliphatic carbocycles. The number of aromatic nitrogens is 5. The van der Waals surface area contributed by atoms with Crippen molar-refractivity contribution in [1.82, 2.24) is 24.5 Å². The summed E-state index contributed by atoms with van der Waals surface area (Å²) < 4.78 is 7.14. The zero-order valence-electron chi connectivity index (χ0n) is 13.3. The Bertz CT molecular complexity index is 836. The number of imidazole rings is 1. The van der Waals surface area contributed by atoms with Crippen LogP contribution in [0.1, 0.15) is 5.82 Å². The lowest BCUT2D eigenvalue weighted by atomic mass is 10.3. The van der Waals surface area contributed by atoms with E-state index in [9.17, 15) is 0 Å². The van der Waals surface area contributed by atoms with Gasteiger partial charge in [-0.05, 0) is 12.1 Å². The minimum atomic E-state index is 0.172. The van der Waals surface area contributed by atoms with E-state index in [1.807, 2.05) is 42.1 Å². The van der Waals surface area contributed by atoms with Crippen molar-refractivity contribution in [1.29, 1.82) is 0 Å². The fourth-order valence-electron chi connectivity index (χ4n) is 2.01. The maximum atomic E-state index is 5.79. The van der Waals surface area contributed by atoms with E-state index in [1.54, 1.807) is 13.3 Å². The number of thioether (sulfide) groups is 1. The van der Waals surface area contributed by atoms with Crippen molar-refractivity contribution < 1.29 is 4.74 Å². The molecule has 0 atom stereocenters. The predicted octanol–water partition coefficient (Wildman–Crippen LogP) is 2.23. The molecule has 3 rings (SSSR count). The molecule has 0 spiro atoms. The lowest BCUT2D eigenvalue weighted by Gasteiger charge is -2.08. The average molecular weight is 343 g/mol. The van der Waals surface area contributed by atoms with Gasteiger partial charge in [-0.15, -0.1) is 0 Å². The lowest BCUT2D eigenvalue weighted by molar-refractivity contribution is 0.415. The van der Waals surface area contributed by atoms with Crippen LogP contribution in [-0.2, 0) is 12.8 Å². The second kappa shape index (κ2) is 7.18. The molecule has 3 aromatic rings. The number of benzene rings is 1. The van der Waals surface area contributed by atoms with E-state index < -0.39 is 0 Å². The van der Waals surface area contributed by atoms with Crippen molar-refractivity contribution in [2.45, 2.75) is 10.9 Å². The van der Waals surface area contributed by atoms with Crippen LogP contribution >= 0.6 is 11.8 Å². The van der Waals surface area contributed by atoms with Gasteiger partial charge in [-0.2, -0.15) is 15.0 Å². The van der Waals surface area contributed by atoms with Crippen LogP contribution in [0.3, 0.4) is 0 Å². The molecule has 0 saturated heterocycles. The quantitative estimate of drug-likeness (QED) is 0.657. The SMILES string of the molecule is COc1cccc(Nc2nc(N)nc(CSc3nccn3C)n2)c1. The number of anilines is 3. The minimum Gasteiger partial charge on any atom is -0.497 e. The first-order valence-corrected chi connectivity index (χ1v) is 8.14. The fourth-order valence-corrected chi connectivity index (χ4v) is 2.80. The largest absolute Gasteiger partial charge is 0.497 e. The van der Waals surface area contributed by atoms with Crippen molar-refractivity contribution in [3.63, 3.8) is 0 Å². The highest BCUT2D eigenvalue weighted by Gasteiger charge is 2.08. The molecule has 0 unspecified atom stereocenters. The first-order chi connectivity index (χ1) is 11.6. The van der Waals surface area contributed by atoms with Crippen LogP contribution in [0.15, 0.2) is 41.8 Å². The minimum absolute atomic E-state index is 0.172. The second-order valence-corrected chi connectivity index (χ2v) is 5.84. The molecular weight excluding hydrogens is 326 g/mol. The van der Waals surface area contributed by atoms with Crippen molar-refractivity contribution in [2.24, 2.45) is 7.05 Å². The number of nitrogen functional groups attached to an aromatic ring is 1. The zero-order chi connectivity index (χ0) is 16.9. The highest BCUT2D eigenvalue weighted by atomic mass is 32.2. The van der Waals surface area contributed by atoms with Crippen LogP contribution in [0.25, 0.3) is 0 Å². The van der Waals surface area contributed by atoms with Crippen molar-refractivity contribution in [2.75, 3.05) is 18.2 Å². The van der Waals surface area contributed by atoms with E-state index in [1.165, 1.54) is 11.8 Å². The normalized spacial score (nSPS) is 10.6. The molecule has 8 nitrogen and oxygen atoms in total. The summed E-state index contributed by atoms with van der Waals surface area (Å²) in [5.74, 6) is 2.44. The summed E-state index contributed by atoms with van der Waals surface area (Å²) in [4.78, 5) is 16.9. The number of rotatable bonds is 6. The van der Waals surface area contributed by atoms with Crippen molar-refractivity contribution in [3.05, 3.63) is 42.5 Å². The van der Waals surface area contributed by atoms with E-state index in [-0.39, 0.29) is 5.95 Å². The summed E-state index contributed by atoms with van der Waals surface area (Å²) in [6.07, 6.45) is 3.64. The van der Waals surface area contributed by atoms with Gasteiger partial charge in [0.15, 0.2) is 5.16 Å². The van der Waals surface area contributed by atoms with Crippen LogP contribution < -0.4 is 15.8 Å². The smallest absolute Gasteiger partial charge is 0.232 e. The summed E-state index contributed by atoms with van der Waals surface area (Å²) in [6.45, 7) is 0. The molecule has 0 fully saturated rings. The van der Waals surface area contributed by atoms with Crippen molar-refractivity contribution in [3.8, 4) is 5.75 Å². The highest BCUT2D eigenvalue weighted by molar-refractivity contribution is 7.98. The molecule has 24 heavy (non-hydrogen) atoms. The monoisotopic (exact) mass is 343 g/mol. The summed E-state index contributed by atoms with van der Waals surface area (Å²) in [7, 11) is 3.56. The van der Waals surface area contributed by atoms with Gasteiger partial charge >= 0.3 is 0 Å². The van der Waals surface area contributed by atoms with E-state index in [0.717, 1.165) is 16.6 Å². The van der Waals surface area contributed by atoms with Crippen molar-refractivity contribution >= 4 is 29.3 Å². The number of aryl methyl sites for hydroxylation is 1. The third-order valence-electron chi connectivity index (χ3n) is 3.13. The molecule has 0 bridgehead atoms. The van der Waals surface area contributed by atoms with E-state index in [2.05, 4.69) is 25.3 Å². The third-order valence-corrected chi connectivity index (χ3v) is 4.19. The number of nitrogens with one attached hydrogen (secondary N) is 1. The van der Waals surface area contributed by atoms with Crippen LogP contribution in [0.5, 0.6) is 5.75 Å². The number of nitrogens with two attached hydrogens (primary N) is 1. The topological polar surface area (TPSA) is 104 Å². The lowest BCUT2D eigenvalue weighted by Crippen LogP contribution is -2.06. The molecule has 0 saturated carbocycles. The van der Waals surface area contributed by atoms with Crippen LogP contribution in [-0.4, -0.2) is 31.6 Å². The maximum absolute atomic E-state index is 5.79. The van der Waals surface area contributed by atoms with E-state index >= 15 is 0 Å². The molecule has 0 amide bonds. The fraction of sp³-hybridized carbons (Fsp3) is 0.200. The van der Waals surface area contributed by atoms with Crippen LogP contribution in [0.4, 0.5) is 17.6 Å². The molecule has 1 aromatic carbocycles. The van der Waals surface area contributed by atoms with E-state index in [0.29, 0.717) is 17.5 Å². The number of hydrogen-bond acceptors (Lipinski definition) is 8. The highest BCUT2D eigenvalue weighted by Crippen LogP contribution is 2.22. The number of ether oxygens (including phenoxy) is 1. The van der Waals surface area contributed by atoms with Gasteiger partial charge in [0.25, 0.3) is 0 Å². The van der Waals surface area contributed by atoms with Gasteiger partial charge in [0.2, 0.25) is 11.9 Å². The Hall–Kier alpha value is -2.81. The first kappa shape index (κ1) is 16.1. The van der Waals surface area contributed by atoms with Gasteiger partial charge in [-0.25, -0.2) is 4.98 Å². The molecule has 0 aliphatic rings. The predicted molar refractivity (Wildman–Crippen MR) is 93.3 cm³/mol. The summed E-state index contributed by atoms with van der Waals surface area (Å²) in [5, 5.41) is 4.00. The Labute approximate surface area is 143 Å². The zero-order valence-corrected chi connectivity index (χ0v) is 14.1. The first-order valence-electron chi connectivity index (χ1n) is 7.15. The number of hydrogen-bond donors (Lipinski definition) is 2. The molecule has 9 heteroatoms. The standard InChI is InChI=1S/C15H17N7OS/c1-22-7-6-17-15(22)24-9-12-19-13(16)21-14(20-12)18-10-4-3-5-11(8-10)23-2/h3-8H,9H2,1-2H3,(H3,16,18,19,20,21).